The first kappa shape index (κ1) is 16.2. The van der Waals surface area contributed by atoms with Crippen molar-refractivity contribution in [2.24, 2.45) is 11.7 Å². The number of hydrogen-bond acceptors (Lipinski definition) is 4. The van der Waals surface area contributed by atoms with Gasteiger partial charge in [0, 0.05) is 6.42 Å². The molecule has 6 heteroatoms. The summed E-state index contributed by atoms with van der Waals surface area (Å²) in [5.41, 5.74) is 5.44. The van der Waals surface area contributed by atoms with Crippen LogP contribution in [0.4, 0.5) is 0 Å². The zero-order valence-electron chi connectivity index (χ0n) is 10.4. The fourth-order valence-corrected chi connectivity index (χ4v) is 1.73. The highest BCUT2D eigenvalue weighted by atomic mass is 32.2. The van der Waals surface area contributed by atoms with Crippen LogP contribution in [-0.4, -0.2) is 41.6 Å². The van der Waals surface area contributed by atoms with E-state index >= 15 is 0 Å². The summed E-state index contributed by atoms with van der Waals surface area (Å²) in [6.45, 7) is 2.51. The largest absolute Gasteiger partial charge is 0.480 e. The molecule has 0 radical (unpaired) electrons. The second kappa shape index (κ2) is 9.30. The topological polar surface area (TPSA) is 92.4 Å². The molecule has 2 unspecified atom stereocenters. The number of nitrogens with one attached hydrogen (secondary N) is 1. The van der Waals surface area contributed by atoms with Gasteiger partial charge in [-0.15, -0.1) is 0 Å². The summed E-state index contributed by atoms with van der Waals surface area (Å²) in [6, 6.07) is -0.775. The lowest BCUT2D eigenvalue weighted by Gasteiger charge is -2.14. The van der Waals surface area contributed by atoms with Crippen molar-refractivity contribution >= 4 is 23.6 Å². The minimum absolute atomic E-state index is 0.209. The standard InChI is InChI=1S/C11H22N2O3S/c1-8(7-12)3-4-10(14)13-9(11(15)16)5-6-17-2/h8-9H,3-7,12H2,1-2H3,(H,13,14)(H,15,16). The Morgan fingerprint density at radius 1 is 1.41 bits per heavy atom. The molecule has 4 N–H and O–H groups in total. The molecule has 0 aliphatic rings. The molecule has 0 bridgehead atoms. The fraction of sp³-hybridized carbons (Fsp3) is 0.818. The molecule has 0 aromatic rings. The molecule has 0 heterocycles. The molecule has 0 rings (SSSR count). The molecule has 0 saturated carbocycles. The predicted octanol–water partition coefficient (Wildman–Crippen LogP) is 0.684. The molecule has 2 atom stereocenters. The van der Waals surface area contributed by atoms with E-state index in [1.54, 1.807) is 11.8 Å². The summed E-state index contributed by atoms with van der Waals surface area (Å²) in [6.07, 6.45) is 3.39. The molecule has 1 amide bonds. The molecule has 0 spiro atoms. The third-order valence-corrected chi connectivity index (χ3v) is 3.15. The number of amides is 1. The van der Waals surface area contributed by atoms with Crippen LogP contribution in [0, 0.1) is 5.92 Å². The van der Waals surface area contributed by atoms with Gasteiger partial charge in [-0.3, -0.25) is 4.79 Å². The first-order valence-corrected chi connectivity index (χ1v) is 7.11. The molecule has 5 nitrogen and oxygen atoms in total. The molecular weight excluding hydrogens is 240 g/mol. The van der Waals surface area contributed by atoms with E-state index in [1.807, 2.05) is 13.2 Å². The Balaban J connectivity index is 3.99. The van der Waals surface area contributed by atoms with Crippen molar-refractivity contribution in [1.82, 2.24) is 5.32 Å². The van der Waals surface area contributed by atoms with Crippen molar-refractivity contribution < 1.29 is 14.7 Å². The van der Waals surface area contributed by atoms with E-state index in [2.05, 4.69) is 5.32 Å². The average molecular weight is 262 g/mol. The number of carboxylic acid groups (broad SMARTS) is 1. The van der Waals surface area contributed by atoms with Gasteiger partial charge in [-0.1, -0.05) is 6.92 Å². The molecule has 100 valence electrons. The van der Waals surface area contributed by atoms with Gasteiger partial charge < -0.3 is 16.2 Å². The van der Waals surface area contributed by atoms with Crippen molar-refractivity contribution in [3.05, 3.63) is 0 Å². The van der Waals surface area contributed by atoms with E-state index in [0.717, 1.165) is 5.75 Å². The van der Waals surface area contributed by atoms with Crippen molar-refractivity contribution in [3.63, 3.8) is 0 Å². The van der Waals surface area contributed by atoms with E-state index in [4.69, 9.17) is 10.8 Å². The zero-order chi connectivity index (χ0) is 13.3. The number of carbonyl (C=O) groups excluding carboxylic acids is 1. The number of hydrogen-bond donors (Lipinski definition) is 3. The van der Waals surface area contributed by atoms with Crippen LogP contribution in [0.1, 0.15) is 26.2 Å². The molecule has 0 aromatic heterocycles. The Bertz CT molecular complexity index is 249. The maximum absolute atomic E-state index is 11.5. The molecule has 0 saturated heterocycles. The fourth-order valence-electron chi connectivity index (χ4n) is 1.25. The zero-order valence-corrected chi connectivity index (χ0v) is 11.3. The Kier molecular flexibility index (Phi) is 8.89. The van der Waals surface area contributed by atoms with Crippen LogP contribution in [-0.2, 0) is 9.59 Å². The molecule has 0 fully saturated rings. The Morgan fingerprint density at radius 2 is 2.06 bits per heavy atom. The summed E-state index contributed by atoms with van der Waals surface area (Å²) < 4.78 is 0. The number of carbonyl (C=O) groups is 2. The van der Waals surface area contributed by atoms with E-state index in [0.29, 0.717) is 25.8 Å². The van der Waals surface area contributed by atoms with Gasteiger partial charge in [0.05, 0.1) is 0 Å². The number of rotatable bonds is 9. The van der Waals surface area contributed by atoms with Crippen LogP contribution < -0.4 is 11.1 Å². The van der Waals surface area contributed by atoms with Crippen molar-refractivity contribution in [3.8, 4) is 0 Å². The summed E-state index contributed by atoms with van der Waals surface area (Å²) in [5, 5.41) is 11.5. The molecule has 0 aliphatic heterocycles. The Hall–Kier alpha value is -0.750. The van der Waals surface area contributed by atoms with E-state index in [9.17, 15) is 9.59 Å². The van der Waals surface area contributed by atoms with Crippen LogP contribution in [0.2, 0.25) is 0 Å². The predicted molar refractivity (Wildman–Crippen MR) is 70.0 cm³/mol. The van der Waals surface area contributed by atoms with Crippen molar-refractivity contribution in [2.45, 2.75) is 32.2 Å². The van der Waals surface area contributed by atoms with Gasteiger partial charge in [0.15, 0.2) is 0 Å². The third-order valence-electron chi connectivity index (χ3n) is 2.51. The summed E-state index contributed by atoms with van der Waals surface area (Å²) in [4.78, 5) is 22.4. The molecule has 0 aliphatic carbocycles. The van der Waals surface area contributed by atoms with Crippen LogP contribution in [0.5, 0.6) is 0 Å². The van der Waals surface area contributed by atoms with Crippen molar-refractivity contribution in [1.29, 1.82) is 0 Å². The second-order valence-electron chi connectivity index (χ2n) is 4.12. The molecular formula is C11H22N2O3S. The second-order valence-corrected chi connectivity index (χ2v) is 5.10. The smallest absolute Gasteiger partial charge is 0.326 e. The van der Waals surface area contributed by atoms with Gasteiger partial charge in [-0.2, -0.15) is 11.8 Å². The van der Waals surface area contributed by atoms with E-state index in [-0.39, 0.29) is 11.8 Å². The van der Waals surface area contributed by atoms with Crippen LogP contribution in [0.15, 0.2) is 0 Å². The average Bonchev–Trinajstić information content (AvgIpc) is 2.30. The maximum atomic E-state index is 11.5. The lowest BCUT2D eigenvalue weighted by atomic mass is 10.1. The normalized spacial score (nSPS) is 14.1. The monoisotopic (exact) mass is 262 g/mol. The lowest BCUT2D eigenvalue weighted by molar-refractivity contribution is -0.141. The molecule has 0 aromatic carbocycles. The van der Waals surface area contributed by atoms with Gasteiger partial charge in [0.1, 0.15) is 6.04 Å². The number of aliphatic carboxylic acids is 1. The van der Waals surface area contributed by atoms with Gasteiger partial charge in [-0.25, -0.2) is 4.79 Å². The quantitative estimate of drug-likeness (QED) is 0.568. The molecule has 17 heavy (non-hydrogen) atoms. The van der Waals surface area contributed by atoms with Crippen LogP contribution in [0.25, 0.3) is 0 Å². The van der Waals surface area contributed by atoms with Gasteiger partial charge in [0.2, 0.25) is 5.91 Å². The maximum Gasteiger partial charge on any atom is 0.326 e. The minimum atomic E-state index is -0.973. The summed E-state index contributed by atoms with van der Waals surface area (Å²) in [5.74, 6) is -0.176. The third kappa shape index (κ3) is 8.04. The highest BCUT2D eigenvalue weighted by Gasteiger charge is 2.19. The van der Waals surface area contributed by atoms with E-state index < -0.39 is 12.0 Å². The number of nitrogens with two attached hydrogens (primary N) is 1. The van der Waals surface area contributed by atoms with Gasteiger partial charge >= 0.3 is 5.97 Å². The minimum Gasteiger partial charge on any atom is -0.480 e. The number of carboxylic acids is 1. The summed E-state index contributed by atoms with van der Waals surface area (Å²) >= 11 is 1.57. The first-order chi connectivity index (χ1) is 8.01. The van der Waals surface area contributed by atoms with Crippen LogP contribution >= 0.6 is 11.8 Å². The number of thioether (sulfide) groups is 1. The van der Waals surface area contributed by atoms with Gasteiger partial charge in [0.25, 0.3) is 0 Å². The Labute approximate surface area is 107 Å². The van der Waals surface area contributed by atoms with Gasteiger partial charge in [-0.05, 0) is 37.3 Å². The first-order valence-electron chi connectivity index (χ1n) is 5.72. The SMILES string of the molecule is CSCCC(NC(=O)CCC(C)CN)C(=O)O. The lowest BCUT2D eigenvalue weighted by Crippen LogP contribution is -2.41. The van der Waals surface area contributed by atoms with Crippen molar-refractivity contribution in [2.75, 3.05) is 18.6 Å². The van der Waals surface area contributed by atoms with E-state index in [1.165, 1.54) is 0 Å². The summed E-state index contributed by atoms with van der Waals surface area (Å²) in [7, 11) is 0. The highest BCUT2D eigenvalue weighted by molar-refractivity contribution is 7.98. The Morgan fingerprint density at radius 3 is 2.53 bits per heavy atom. The highest BCUT2D eigenvalue weighted by Crippen LogP contribution is 2.05. The van der Waals surface area contributed by atoms with Crippen LogP contribution in [0.3, 0.4) is 0 Å².